The van der Waals surface area contributed by atoms with Crippen LogP contribution in [0, 0.1) is 0 Å². The highest BCUT2D eigenvalue weighted by molar-refractivity contribution is 5.80. The van der Waals surface area contributed by atoms with E-state index in [2.05, 4.69) is 6.92 Å². The second-order valence-electron chi connectivity index (χ2n) is 4.98. The Morgan fingerprint density at radius 2 is 2.20 bits per heavy atom. The normalized spacial score (nSPS) is 18.6. The van der Waals surface area contributed by atoms with Crippen molar-refractivity contribution >= 4 is 6.29 Å². The number of benzene rings is 1. The fourth-order valence-corrected chi connectivity index (χ4v) is 2.41. The maximum Gasteiger partial charge on any atom is 0.199 e. The SMILES string of the molecule is CCCc1cc(C=O)c(OC)cc1O[C@H]1CCCCO1. The summed E-state index contributed by atoms with van der Waals surface area (Å²) in [5, 5.41) is 0. The van der Waals surface area contributed by atoms with Crippen molar-refractivity contribution in [2.24, 2.45) is 0 Å². The van der Waals surface area contributed by atoms with Gasteiger partial charge < -0.3 is 14.2 Å². The lowest BCUT2D eigenvalue weighted by Gasteiger charge is -2.25. The molecule has 0 amide bonds. The van der Waals surface area contributed by atoms with Crippen LogP contribution in [-0.4, -0.2) is 26.3 Å². The van der Waals surface area contributed by atoms with Gasteiger partial charge in [-0.2, -0.15) is 0 Å². The van der Waals surface area contributed by atoms with Gasteiger partial charge in [0.2, 0.25) is 0 Å². The summed E-state index contributed by atoms with van der Waals surface area (Å²) in [6, 6.07) is 3.65. The molecule has 1 saturated heterocycles. The van der Waals surface area contributed by atoms with Crippen LogP contribution in [0.5, 0.6) is 11.5 Å². The minimum absolute atomic E-state index is 0.189. The lowest BCUT2D eigenvalue weighted by atomic mass is 10.0. The van der Waals surface area contributed by atoms with Gasteiger partial charge >= 0.3 is 0 Å². The fourth-order valence-electron chi connectivity index (χ4n) is 2.41. The van der Waals surface area contributed by atoms with Crippen LogP contribution in [0.25, 0.3) is 0 Å². The Kier molecular flexibility index (Phi) is 5.41. The molecule has 0 aliphatic carbocycles. The zero-order chi connectivity index (χ0) is 14.4. The highest BCUT2D eigenvalue weighted by atomic mass is 16.7. The molecule has 1 aromatic rings. The van der Waals surface area contributed by atoms with E-state index >= 15 is 0 Å². The average molecular weight is 278 g/mol. The molecule has 0 spiro atoms. The molecule has 2 rings (SSSR count). The molecule has 0 radical (unpaired) electrons. The average Bonchev–Trinajstić information content (AvgIpc) is 2.49. The Morgan fingerprint density at radius 3 is 2.80 bits per heavy atom. The second-order valence-corrected chi connectivity index (χ2v) is 4.98. The summed E-state index contributed by atoms with van der Waals surface area (Å²) in [5.41, 5.74) is 1.59. The summed E-state index contributed by atoms with van der Waals surface area (Å²) in [4.78, 5) is 11.1. The van der Waals surface area contributed by atoms with Crippen LogP contribution in [0.2, 0.25) is 0 Å². The Morgan fingerprint density at radius 1 is 1.35 bits per heavy atom. The first-order valence-corrected chi connectivity index (χ1v) is 7.22. The molecule has 0 unspecified atom stereocenters. The topological polar surface area (TPSA) is 44.8 Å². The van der Waals surface area contributed by atoms with Crippen molar-refractivity contribution in [3.63, 3.8) is 0 Å². The zero-order valence-corrected chi connectivity index (χ0v) is 12.2. The van der Waals surface area contributed by atoms with Crippen LogP contribution in [0.1, 0.15) is 48.5 Å². The molecule has 0 aromatic heterocycles. The van der Waals surface area contributed by atoms with Gasteiger partial charge in [0, 0.05) is 12.5 Å². The Labute approximate surface area is 120 Å². The van der Waals surface area contributed by atoms with Crippen LogP contribution in [0.3, 0.4) is 0 Å². The van der Waals surface area contributed by atoms with E-state index in [0.717, 1.165) is 56.3 Å². The molecule has 0 N–H and O–H groups in total. The lowest BCUT2D eigenvalue weighted by molar-refractivity contribution is -0.106. The molecule has 1 aliphatic heterocycles. The van der Waals surface area contributed by atoms with Gasteiger partial charge in [-0.05, 0) is 30.9 Å². The van der Waals surface area contributed by atoms with Crippen LogP contribution in [0.4, 0.5) is 0 Å². The van der Waals surface area contributed by atoms with Gasteiger partial charge in [0.25, 0.3) is 0 Å². The van der Waals surface area contributed by atoms with Crippen molar-refractivity contribution in [2.75, 3.05) is 13.7 Å². The summed E-state index contributed by atoms with van der Waals surface area (Å²) in [6.45, 7) is 2.85. The van der Waals surface area contributed by atoms with E-state index in [1.165, 1.54) is 0 Å². The number of carbonyl (C=O) groups excluding carboxylic acids is 1. The number of hydrogen-bond donors (Lipinski definition) is 0. The predicted octanol–water partition coefficient (Wildman–Crippen LogP) is 3.37. The van der Waals surface area contributed by atoms with Gasteiger partial charge in [0.1, 0.15) is 11.5 Å². The van der Waals surface area contributed by atoms with E-state index in [9.17, 15) is 4.79 Å². The molecule has 1 aliphatic rings. The van der Waals surface area contributed by atoms with E-state index in [-0.39, 0.29) is 6.29 Å². The van der Waals surface area contributed by atoms with Crippen molar-refractivity contribution in [3.05, 3.63) is 23.3 Å². The van der Waals surface area contributed by atoms with Gasteiger partial charge in [-0.1, -0.05) is 13.3 Å². The molecular weight excluding hydrogens is 256 g/mol. The Balaban J connectivity index is 2.25. The van der Waals surface area contributed by atoms with E-state index in [0.29, 0.717) is 11.3 Å². The molecule has 4 heteroatoms. The molecular formula is C16H22O4. The highest BCUT2D eigenvalue weighted by Crippen LogP contribution is 2.31. The number of ether oxygens (including phenoxy) is 3. The predicted molar refractivity (Wildman–Crippen MR) is 76.6 cm³/mol. The third-order valence-corrected chi connectivity index (χ3v) is 3.46. The minimum atomic E-state index is -0.189. The van der Waals surface area contributed by atoms with Crippen LogP contribution >= 0.6 is 0 Å². The summed E-state index contributed by atoms with van der Waals surface area (Å²) in [6.07, 6.45) is 5.61. The van der Waals surface area contributed by atoms with Gasteiger partial charge in [-0.15, -0.1) is 0 Å². The summed E-state index contributed by atoms with van der Waals surface area (Å²) in [7, 11) is 1.56. The van der Waals surface area contributed by atoms with Crippen molar-refractivity contribution in [2.45, 2.75) is 45.3 Å². The first-order valence-electron chi connectivity index (χ1n) is 7.22. The summed E-state index contributed by atoms with van der Waals surface area (Å²) >= 11 is 0. The van der Waals surface area contributed by atoms with E-state index in [4.69, 9.17) is 14.2 Å². The van der Waals surface area contributed by atoms with E-state index in [1.54, 1.807) is 13.2 Å². The number of carbonyl (C=O) groups is 1. The zero-order valence-electron chi connectivity index (χ0n) is 12.2. The molecule has 110 valence electrons. The summed E-state index contributed by atoms with van der Waals surface area (Å²) < 4.78 is 16.8. The fraction of sp³-hybridized carbons (Fsp3) is 0.562. The quantitative estimate of drug-likeness (QED) is 0.748. The molecule has 4 nitrogen and oxygen atoms in total. The molecule has 1 atom stereocenters. The number of rotatable bonds is 6. The first-order chi connectivity index (χ1) is 9.78. The standard InChI is InChI=1S/C16H22O4/c1-3-6-12-9-13(11-17)14(18-2)10-15(12)20-16-7-4-5-8-19-16/h9-11,16H,3-8H2,1-2H3/t16-/m0/s1. The maximum atomic E-state index is 11.1. The first kappa shape index (κ1) is 14.9. The van der Waals surface area contributed by atoms with E-state index < -0.39 is 0 Å². The van der Waals surface area contributed by atoms with Crippen molar-refractivity contribution in [1.82, 2.24) is 0 Å². The third-order valence-electron chi connectivity index (χ3n) is 3.46. The molecule has 0 bridgehead atoms. The second kappa shape index (κ2) is 7.29. The van der Waals surface area contributed by atoms with Crippen molar-refractivity contribution < 1.29 is 19.0 Å². The van der Waals surface area contributed by atoms with Crippen LogP contribution in [0.15, 0.2) is 12.1 Å². The Bertz CT molecular complexity index is 450. The van der Waals surface area contributed by atoms with Gasteiger partial charge in [-0.25, -0.2) is 0 Å². The molecule has 1 aromatic carbocycles. The van der Waals surface area contributed by atoms with E-state index in [1.807, 2.05) is 6.07 Å². The monoisotopic (exact) mass is 278 g/mol. The molecule has 1 fully saturated rings. The van der Waals surface area contributed by atoms with Crippen molar-refractivity contribution in [1.29, 1.82) is 0 Å². The smallest absolute Gasteiger partial charge is 0.199 e. The summed E-state index contributed by atoms with van der Waals surface area (Å²) in [5.74, 6) is 1.31. The number of methoxy groups -OCH3 is 1. The number of aryl methyl sites for hydroxylation is 1. The maximum absolute atomic E-state index is 11.1. The lowest BCUT2D eigenvalue weighted by Crippen LogP contribution is -2.25. The van der Waals surface area contributed by atoms with Gasteiger partial charge in [-0.3, -0.25) is 4.79 Å². The molecule has 0 saturated carbocycles. The number of hydrogen-bond acceptors (Lipinski definition) is 4. The largest absolute Gasteiger partial charge is 0.496 e. The van der Waals surface area contributed by atoms with Crippen LogP contribution in [-0.2, 0) is 11.2 Å². The van der Waals surface area contributed by atoms with Gasteiger partial charge in [0.15, 0.2) is 12.6 Å². The Hall–Kier alpha value is -1.55. The van der Waals surface area contributed by atoms with Crippen molar-refractivity contribution in [3.8, 4) is 11.5 Å². The number of aldehydes is 1. The molecule has 1 heterocycles. The van der Waals surface area contributed by atoms with Crippen LogP contribution < -0.4 is 9.47 Å². The minimum Gasteiger partial charge on any atom is -0.496 e. The highest BCUT2D eigenvalue weighted by Gasteiger charge is 2.18. The molecule has 20 heavy (non-hydrogen) atoms. The third kappa shape index (κ3) is 3.51. The van der Waals surface area contributed by atoms with Gasteiger partial charge in [0.05, 0.1) is 19.3 Å².